The van der Waals surface area contributed by atoms with Crippen LogP contribution in [0.2, 0.25) is 0 Å². The summed E-state index contributed by atoms with van der Waals surface area (Å²) in [5.74, 6) is 0. The molecule has 0 aliphatic heterocycles. The molecule has 0 saturated carbocycles. The van der Waals surface area contributed by atoms with Gasteiger partial charge in [0, 0.05) is 13.1 Å². The normalized spacial score (nSPS) is 8.90. The van der Waals surface area contributed by atoms with Crippen molar-refractivity contribution in [2.75, 3.05) is 19.6 Å². The lowest BCUT2D eigenvalue weighted by Crippen LogP contribution is -2.25. The Kier molecular flexibility index (Phi) is 5.62. The third kappa shape index (κ3) is 4.00. The van der Waals surface area contributed by atoms with Gasteiger partial charge in [0.2, 0.25) is 6.41 Å². The predicted octanol–water partition coefficient (Wildman–Crippen LogP) is 0.886. The Morgan fingerprint density at radius 2 is 2.30 bits per heavy atom. The number of hydrogen-bond acceptors (Lipinski definition) is 3. The molecule has 10 heavy (non-hydrogen) atoms. The second-order valence-electron chi connectivity index (χ2n) is 2.02. The summed E-state index contributed by atoms with van der Waals surface area (Å²) < 4.78 is 0. The molecule has 0 radical (unpaired) electrons. The molecular formula is C6H13N3O. The van der Waals surface area contributed by atoms with Crippen molar-refractivity contribution in [2.24, 2.45) is 5.11 Å². The van der Waals surface area contributed by atoms with Crippen molar-refractivity contribution in [3.8, 4) is 0 Å². The van der Waals surface area contributed by atoms with Gasteiger partial charge in [0.05, 0.1) is 6.54 Å². The minimum Gasteiger partial charge on any atom is -0.343 e. The number of nitrogens with one attached hydrogen (secondary N) is 1. The number of carbonyl (C=O) groups is 1. The molecule has 0 saturated heterocycles. The molecule has 0 aliphatic carbocycles. The molecule has 0 spiro atoms. The van der Waals surface area contributed by atoms with Crippen LogP contribution in [0.3, 0.4) is 0 Å². The van der Waals surface area contributed by atoms with Crippen molar-refractivity contribution < 1.29 is 4.79 Å². The minimum atomic E-state index is 0.415. The van der Waals surface area contributed by atoms with Gasteiger partial charge in [-0.25, -0.2) is 5.53 Å². The largest absolute Gasteiger partial charge is 0.343 e. The molecule has 0 unspecified atom stereocenters. The molecule has 4 nitrogen and oxygen atoms in total. The predicted molar refractivity (Wildman–Crippen MR) is 37.9 cm³/mol. The summed E-state index contributed by atoms with van der Waals surface area (Å²) in [7, 11) is 0. The molecule has 0 atom stereocenters. The fourth-order valence-electron chi connectivity index (χ4n) is 0.683. The van der Waals surface area contributed by atoms with Crippen LogP contribution in [0.15, 0.2) is 5.11 Å². The molecule has 1 N–H and O–H groups in total. The maximum atomic E-state index is 10.2. The van der Waals surface area contributed by atoms with E-state index in [0.717, 1.165) is 19.4 Å². The third-order valence-electron chi connectivity index (χ3n) is 1.16. The molecule has 0 aromatic rings. The molecule has 0 heterocycles. The Balaban J connectivity index is 3.38. The molecular weight excluding hydrogens is 130 g/mol. The first-order valence-corrected chi connectivity index (χ1v) is 3.37. The van der Waals surface area contributed by atoms with E-state index in [1.165, 1.54) is 0 Å². The van der Waals surface area contributed by atoms with E-state index in [0.29, 0.717) is 13.1 Å². The van der Waals surface area contributed by atoms with Crippen molar-refractivity contribution in [1.29, 1.82) is 5.53 Å². The molecule has 58 valence electrons. The zero-order valence-corrected chi connectivity index (χ0v) is 6.21. The average Bonchev–Trinajstić information content (AvgIpc) is 1.98. The van der Waals surface area contributed by atoms with Crippen LogP contribution in [0.5, 0.6) is 0 Å². The summed E-state index contributed by atoms with van der Waals surface area (Å²) in [6.45, 7) is 3.76. The quantitative estimate of drug-likeness (QED) is 0.435. The van der Waals surface area contributed by atoms with Crippen LogP contribution in [0.1, 0.15) is 13.3 Å². The summed E-state index contributed by atoms with van der Waals surface area (Å²) in [6, 6.07) is 0. The van der Waals surface area contributed by atoms with Crippen LogP contribution < -0.4 is 0 Å². The van der Waals surface area contributed by atoms with E-state index < -0.39 is 0 Å². The second-order valence-corrected chi connectivity index (χ2v) is 2.02. The topological polar surface area (TPSA) is 56.5 Å². The fourth-order valence-corrected chi connectivity index (χ4v) is 0.683. The second kappa shape index (κ2) is 6.19. The highest BCUT2D eigenvalue weighted by Gasteiger charge is 1.96. The monoisotopic (exact) mass is 143 g/mol. The molecule has 1 amide bonds. The molecule has 0 fully saturated rings. The van der Waals surface area contributed by atoms with Gasteiger partial charge < -0.3 is 4.90 Å². The molecule has 4 heteroatoms. The van der Waals surface area contributed by atoms with Crippen molar-refractivity contribution in [1.82, 2.24) is 4.90 Å². The van der Waals surface area contributed by atoms with E-state index in [1.807, 2.05) is 6.92 Å². The van der Waals surface area contributed by atoms with Gasteiger partial charge in [0.25, 0.3) is 0 Å². The van der Waals surface area contributed by atoms with E-state index in [4.69, 9.17) is 5.53 Å². The van der Waals surface area contributed by atoms with Crippen LogP contribution >= 0.6 is 0 Å². The first-order valence-electron chi connectivity index (χ1n) is 3.37. The van der Waals surface area contributed by atoms with E-state index in [9.17, 15) is 4.79 Å². The minimum absolute atomic E-state index is 0.415. The third-order valence-corrected chi connectivity index (χ3v) is 1.16. The summed E-state index contributed by atoms with van der Waals surface area (Å²) in [5.41, 5.74) is 6.49. The number of carbonyl (C=O) groups excluding carboxylic acids is 1. The number of hydrogen-bond donors (Lipinski definition) is 1. The maximum Gasteiger partial charge on any atom is 0.209 e. The fraction of sp³-hybridized carbons (Fsp3) is 0.833. The van der Waals surface area contributed by atoms with Crippen molar-refractivity contribution >= 4 is 6.41 Å². The standard InChI is InChI=1S/C6H13N3O/c1-2-4-9(6-10)5-3-8-7/h6-7H,2-5H2,1H3. The zero-order chi connectivity index (χ0) is 7.82. The van der Waals surface area contributed by atoms with Gasteiger partial charge in [-0.15, -0.1) is 0 Å². The van der Waals surface area contributed by atoms with Crippen molar-refractivity contribution in [3.05, 3.63) is 0 Å². The van der Waals surface area contributed by atoms with E-state index in [1.54, 1.807) is 4.90 Å². The van der Waals surface area contributed by atoms with Crippen LogP contribution in [0, 0.1) is 5.53 Å². The van der Waals surface area contributed by atoms with E-state index in [-0.39, 0.29) is 0 Å². The average molecular weight is 143 g/mol. The van der Waals surface area contributed by atoms with Gasteiger partial charge in [0.1, 0.15) is 0 Å². The van der Waals surface area contributed by atoms with Gasteiger partial charge >= 0.3 is 0 Å². The van der Waals surface area contributed by atoms with Gasteiger partial charge in [-0.3, -0.25) is 4.79 Å². The lowest BCUT2D eigenvalue weighted by molar-refractivity contribution is -0.118. The molecule has 0 aromatic carbocycles. The Morgan fingerprint density at radius 3 is 2.70 bits per heavy atom. The molecule has 0 rings (SSSR count). The number of nitrogens with zero attached hydrogens (tertiary/aromatic N) is 2. The molecule has 0 bridgehead atoms. The Labute approximate surface area is 60.7 Å². The van der Waals surface area contributed by atoms with Crippen LogP contribution in [-0.2, 0) is 4.79 Å². The van der Waals surface area contributed by atoms with Crippen molar-refractivity contribution in [2.45, 2.75) is 13.3 Å². The molecule has 0 aliphatic rings. The first-order chi connectivity index (χ1) is 4.85. The highest BCUT2D eigenvalue weighted by atomic mass is 16.1. The lowest BCUT2D eigenvalue weighted by Gasteiger charge is -2.13. The van der Waals surface area contributed by atoms with E-state index in [2.05, 4.69) is 5.11 Å². The van der Waals surface area contributed by atoms with Crippen LogP contribution in [-0.4, -0.2) is 30.9 Å². The maximum absolute atomic E-state index is 10.2. The zero-order valence-electron chi connectivity index (χ0n) is 6.21. The van der Waals surface area contributed by atoms with Gasteiger partial charge in [0.15, 0.2) is 0 Å². The van der Waals surface area contributed by atoms with Crippen molar-refractivity contribution in [3.63, 3.8) is 0 Å². The number of rotatable bonds is 6. The summed E-state index contributed by atoms with van der Waals surface area (Å²) in [5, 5.41) is 3.16. The summed E-state index contributed by atoms with van der Waals surface area (Å²) in [4.78, 5) is 11.8. The van der Waals surface area contributed by atoms with E-state index >= 15 is 0 Å². The molecule has 0 aromatic heterocycles. The van der Waals surface area contributed by atoms with Gasteiger partial charge in [-0.05, 0) is 6.42 Å². The van der Waals surface area contributed by atoms with Gasteiger partial charge in [-0.2, -0.15) is 5.11 Å². The Bertz CT molecular complexity index is 105. The summed E-state index contributed by atoms with van der Waals surface area (Å²) in [6.07, 6.45) is 1.76. The van der Waals surface area contributed by atoms with Gasteiger partial charge in [-0.1, -0.05) is 6.92 Å². The Morgan fingerprint density at radius 1 is 1.60 bits per heavy atom. The Hall–Kier alpha value is -0.930. The summed E-state index contributed by atoms with van der Waals surface area (Å²) >= 11 is 0. The highest BCUT2D eigenvalue weighted by Crippen LogP contribution is 1.85. The first kappa shape index (κ1) is 9.07. The highest BCUT2D eigenvalue weighted by molar-refractivity contribution is 5.46. The lowest BCUT2D eigenvalue weighted by atomic mass is 10.4. The van der Waals surface area contributed by atoms with Crippen LogP contribution in [0.25, 0.3) is 0 Å². The number of amides is 1. The smallest absolute Gasteiger partial charge is 0.209 e. The van der Waals surface area contributed by atoms with Crippen LogP contribution in [0.4, 0.5) is 0 Å². The SMILES string of the molecule is CCCN(C=O)CCN=N.